The molecular formula is C15H15NO4S. The number of carbonyl (C=O) groups is 2. The zero-order valence-electron chi connectivity index (χ0n) is 11.6. The van der Waals surface area contributed by atoms with E-state index in [0.717, 1.165) is 15.2 Å². The third-order valence-electron chi connectivity index (χ3n) is 3.28. The van der Waals surface area contributed by atoms with Crippen molar-refractivity contribution >= 4 is 33.5 Å². The predicted molar refractivity (Wildman–Crippen MR) is 78.0 cm³/mol. The van der Waals surface area contributed by atoms with Crippen LogP contribution in [0.1, 0.15) is 24.8 Å². The van der Waals surface area contributed by atoms with Gasteiger partial charge in [0.2, 0.25) is 6.10 Å². The van der Waals surface area contributed by atoms with Crippen molar-refractivity contribution in [1.29, 1.82) is 0 Å². The first-order chi connectivity index (χ1) is 10.1. The second kappa shape index (κ2) is 5.81. The van der Waals surface area contributed by atoms with Gasteiger partial charge in [0.25, 0.3) is 0 Å². The van der Waals surface area contributed by atoms with Crippen LogP contribution in [0.15, 0.2) is 24.3 Å². The van der Waals surface area contributed by atoms with E-state index in [-0.39, 0.29) is 18.5 Å². The van der Waals surface area contributed by atoms with E-state index < -0.39 is 12.1 Å². The lowest BCUT2D eigenvalue weighted by Crippen LogP contribution is -2.22. The number of carbonyl (C=O) groups excluding carboxylic acids is 2. The molecule has 1 aliphatic heterocycles. The van der Waals surface area contributed by atoms with Crippen molar-refractivity contribution in [3.63, 3.8) is 0 Å². The molecule has 6 heteroatoms. The lowest BCUT2D eigenvalue weighted by atomic mass is 10.2. The predicted octanol–water partition coefficient (Wildman–Crippen LogP) is 2.48. The molecule has 1 saturated heterocycles. The van der Waals surface area contributed by atoms with Gasteiger partial charge >= 0.3 is 11.9 Å². The molecule has 1 aliphatic rings. The van der Waals surface area contributed by atoms with Gasteiger partial charge in [0.05, 0.1) is 21.6 Å². The third-order valence-corrected chi connectivity index (χ3v) is 4.38. The Labute approximate surface area is 125 Å². The van der Waals surface area contributed by atoms with Crippen LogP contribution >= 0.6 is 11.3 Å². The molecule has 2 heterocycles. The summed E-state index contributed by atoms with van der Waals surface area (Å²) in [5.41, 5.74) is 0.944. The molecule has 2 aromatic rings. The first-order valence-electron chi connectivity index (χ1n) is 6.86. The van der Waals surface area contributed by atoms with Crippen LogP contribution in [0.3, 0.4) is 0 Å². The van der Waals surface area contributed by atoms with E-state index in [2.05, 4.69) is 4.98 Å². The molecule has 5 nitrogen and oxygen atoms in total. The topological polar surface area (TPSA) is 65.5 Å². The summed E-state index contributed by atoms with van der Waals surface area (Å²) in [6.07, 6.45) is 0.251. The van der Waals surface area contributed by atoms with Gasteiger partial charge in [0.15, 0.2) is 0 Å². The molecule has 0 aliphatic carbocycles. The van der Waals surface area contributed by atoms with Crippen molar-refractivity contribution in [3.05, 3.63) is 29.3 Å². The summed E-state index contributed by atoms with van der Waals surface area (Å²) in [5, 5.41) is 0.899. The quantitative estimate of drug-likeness (QED) is 0.812. The van der Waals surface area contributed by atoms with E-state index >= 15 is 0 Å². The van der Waals surface area contributed by atoms with E-state index in [9.17, 15) is 9.59 Å². The van der Waals surface area contributed by atoms with Crippen molar-refractivity contribution in [1.82, 2.24) is 4.98 Å². The monoisotopic (exact) mass is 305 g/mol. The van der Waals surface area contributed by atoms with Gasteiger partial charge in [-0.1, -0.05) is 12.1 Å². The Balaban J connectivity index is 1.55. The van der Waals surface area contributed by atoms with Gasteiger partial charge in [0.1, 0.15) is 6.10 Å². The highest BCUT2D eigenvalue weighted by Crippen LogP contribution is 2.23. The fourth-order valence-electron chi connectivity index (χ4n) is 2.27. The number of cyclic esters (lactones) is 1. The second-order valence-electron chi connectivity index (χ2n) is 5.04. The summed E-state index contributed by atoms with van der Waals surface area (Å²) in [5.74, 6) is -0.832. The maximum Gasteiger partial charge on any atom is 0.347 e. The van der Waals surface area contributed by atoms with Gasteiger partial charge in [0, 0.05) is 12.8 Å². The minimum Gasteiger partial charge on any atom is -0.460 e. The first kappa shape index (κ1) is 14.0. The number of thiazole rings is 1. The Morgan fingerprint density at radius 1 is 1.48 bits per heavy atom. The van der Waals surface area contributed by atoms with Crippen LogP contribution in [-0.4, -0.2) is 29.1 Å². The molecule has 0 unspecified atom stereocenters. The normalized spacial score (nSPS) is 21.5. The van der Waals surface area contributed by atoms with Crippen LogP contribution < -0.4 is 0 Å². The molecular weight excluding hydrogens is 290 g/mol. The second-order valence-corrected chi connectivity index (χ2v) is 6.15. The molecule has 1 aromatic carbocycles. The maximum atomic E-state index is 11.8. The average molecular weight is 305 g/mol. The number of aromatic nitrogens is 1. The number of aryl methyl sites for hydroxylation is 1. The Morgan fingerprint density at radius 3 is 3.00 bits per heavy atom. The summed E-state index contributed by atoms with van der Waals surface area (Å²) >= 11 is 1.57. The van der Waals surface area contributed by atoms with Crippen molar-refractivity contribution in [3.8, 4) is 0 Å². The SMILES string of the molecule is C[C@@H]1C[C@H](OC(=O)CCc2nc3ccccc3s2)C(=O)O1. The van der Waals surface area contributed by atoms with Gasteiger partial charge in [-0.15, -0.1) is 11.3 Å². The molecule has 1 aromatic heterocycles. The summed E-state index contributed by atoms with van der Waals surface area (Å²) in [6.45, 7) is 1.78. The standard InChI is InChI=1S/C15H15NO4S/c1-9-8-11(15(18)19-9)20-14(17)7-6-13-16-10-4-2-3-5-12(10)21-13/h2-5,9,11H,6-8H2,1H3/t9-,11+/m1/s1. The van der Waals surface area contributed by atoms with Gasteiger partial charge < -0.3 is 9.47 Å². The van der Waals surface area contributed by atoms with Crippen LogP contribution in [0.5, 0.6) is 0 Å². The summed E-state index contributed by atoms with van der Waals surface area (Å²) < 4.78 is 11.2. The number of esters is 2. The van der Waals surface area contributed by atoms with Crippen molar-refractivity contribution < 1.29 is 19.1 Å². The van der Waals surface area contributed by atoms with Crippen LogP contribution in [-0.2, 0) is 25.5 Å². The van der Waals surface area contributed by atoms with E-state index in [1.165, 1.54) is 0 Å². The van der Waals surface area contributed by atoms with E-state index in [1.54, 1.807) is 18.3 Å². The van der Waals surface area contributed by atoms with Crippen molar-refractivity contribution in [2.75, 3.05) is 0 Å². The molecule has 110 valence electrons. The Morgan fingerprint density at radius 2 is 2.29 bits per heavy atom. The highest BCUT2D eigenvalue weighted by Gasteiger charge is 2.34. The van der Waals surface area contributed by atoms with Gasteiger partial charge in [-0.3, -0.25) is 4.79 Å². The van der Waals surface area contributed by atoms with Crippen molar-refractivity contribution in [2.24, 2.45) is 0 Å². The lowest BCUT2D eigenvalue weighted by Gasteiger charge is -2.07. The number of hydrogen-bond donors (Lipinski definition) is 0. The minimum absolute atomic E-state index is 0.181. The van der Waals surface area contributed by atoms with E-state index in [4.69, 9.17) is 9.47 Å². The van der Waals surface area contributed by atoms with Gasteiger partial charge in [-0.2, -0.15) is 0 Å². The number of benzene rings is 1. The molecule has 2 atom stereocenters. The molecule has 0 radical (unpaired) electrons. The Bertz CT molecular complexity index is 648. The maximum absolute atomic E-state index is 11.8. The zero-order valence-corrected chi connectivity index (χ0v) is 12.4. The van der Waals surface area contributed by atoms with Gasteiger partial charge in [-0.05, 0) is 19.1 Å². The lowest BCUT2D eigenvalue weighted by molar-refractivity contribution is -0.160. The van der Waals surface area contributed by atoms with E-state index in [0.29, 0.717) is 12.8 Å². The van der Waals surface area contributed by atoms with Gasteiger partial charge in [-0.25, -0.2) is 9.78 Å². The highest BCUT2D eigenvalue weighted by atomic mass is 32.1. The Hall–Kier alpha value is -1.95. The van der Waals surface area contributed by atoms with Crippen LogP contribution in [0.25, 0.3) is 10.2 Å². The number of hydrogen-bond acceptors (Lipinski definition) is 6. The third kappa shape index (κ3) is 3.21. The number of para-hydroxylation sites is 1. The van der Waals surface area contributed by atoms with Crippen LogP contribution in [0.2, 0.25) is 0 Å². The minimum atomic E-state index is -0.747. The molecule has 21 heavy (non-hydrogen) atoms. The number of ether oxygens (including phenoxy) is 2. The molecule has 0 spiro atoms. The number of nitrogens with zero attached hydrogens (tertiary/aromatic N) is 1. The van der Waals surface area contributed by atoms with Crippen molar-refractivity contribution in [2.45, 2.75) is 38.4 Å². The smallest absolute Gasteiger partial charge is 0.347 e. The fourth-order valence-corrected chi connectivity index (χ4v) is 3.24. The fraction of sp³-hybridized carbons (Fsp3) is 0.400. The molecule has 0 N–H and O–H groups in total. The summed E-state index contributed by atoms with van der Waals surface area (Å²) in [4.78, 5) is 27.7. The molecule has 3 rings (SSSR count). The molecule has 1 fully saturated rings. The number of rotatable bonds is 4. The van der Waals surface area contributed by atoms with Crippen LogP contribution in [0, 0.1) is 0 Å². The number of fused-ring (bicyclic) bond motifs is 1. The molecule has 0 saturated carbocycles. The summed E-state index contributed by atoms with van der Waals surface area (Å²) in [7, 11) is 0. The molecule has 0 amide bonds. The van der Waals surface area contributed by atoms with E-state index in [1.807, 2.05) is 24.3 Å². The average Bonchev–Trinajstić information content (AvgIpc) is 2.99. The first-order valence-corrected chi connectivity index (χ1v) is 7.68. The Kier molecular flexibility index (Phi) is 3.88. The van der Waals surface area contributed by atoms with Crippen LogP contribution in [0.4, 0.5) is 0 Å². The zero-order chi connectivity index (χ0) is 14.8. The molecule has 0 bridgehead atoms. The largest absolute Gasteiger partial charge is 0.460 e. The highest BCUT2D eigenvalue weighted by molar-refractivity contribution is 7.18. The summed E-state index contributed by atoms with van der Waals surface area (Å²) in [6, 6.07) is 7.85.